The van der Waals surface area contributed by atoms with E-state index in [1.165, 1.54) is 4.90 Å². The van der Waals surface area contributed by atoms with Gasteiger partial charge in [-0.05, 0) is 41.5 Å². The van der Waals surface area contributed by atoms with Crippen LogP contribution in [0.5, 0.6) is 5.75 Å². The molecule has 1 atom stereocenters. The molecule has 0 fully saturated rings. The molecule has 5 nitrogen and oxygen atoms in total. The molecule has 0 aliphatic heterocycles. The molecule has 3 aromatic rings. The van der Waals surface area contributed by atoms with E-state index in [4.69, 9.17) is 27.9 Å². The van der Waals surface area contributed by atoms with Crippen LogP contribution in [0.4, 0.5) is 0 Å². The number of ether oxygens (including phenoxy) is 1. The summed E-state index contributed by atoms with van der Waals surface area (Å²) < 4.78 is 6.51. The summed E-state index contributed by atoms with van der Waals surface area (Å²) in [5.41, 5.74) is 1.79. The second-order valence-corrected chi connectivity index (χ2v) is 9.09. The largest absolute Gasteiger partial charge is 0.482 e. The summed E-state index contributed by atoms with van der Waals surface area (Å²) in [6.07, 6.45) is 0.360. The minimum Gasteiger partial charge on any atom is -0.482 e. The molecule has 3 rings (SSSR count). The molecule has 0 aliphatic carbocycles. The number of nitrogens with one attached hydrogen (secondary N) is 1. The molecule has 0 unspecified atom stereocenters. The molecule has 172 valence electrons. The van der Waals surface area contributed by atoms with Crippen molar-refractivity contribution >= 4 is 50.9 Å². The van der Waals surface area contributed by atoms with Gasteiger partial charge in [0.2, 0.25) is 5.91 Å². The van der Waals surface area contributed by atoms with Gasteiger partial charge < -0.3 is 15.0 Å². The lowest BCUT2D eigenvalue weighted by atomic mass is 10.0. The maximum Gasteiger partial charge on any atom is 0.261 e. The average molecular weight is 550 g/mol. The summed E-state index contributed by atoms with van der Waals surface area (Å²) in [6.45, 7) is -0.0461. The number of amides is 2. The number of nitrogens with zero attached hydrogens (tertiary/aromatic N) is 1. The Bertz CT molecular complexity index is 1090. The zero-order valence-corrected chi connectivity index (χ0v) is 21.0. The summed E-state index contributed by atoms with van der Waals surface area (Å²) >= 11 is 15.6. The van der Waals surface area contributed by atoms with Gasteiger partial charge in [0.25, 0.3) is 5.91 Å². The SMILES string of the molecule is CNC(=O)[C@H](Cc1ccccc1)N(Cc1ccc(Cl)cc1)C(=O)COc1ccc(Br)cc1Cl. The Morgan fingerprint density at radius 1 is 1.00 bits per heavy atom. The Balaban J connectivity index is 1.87. The Morgan fingerprint density at radius 3 is 2.33 bits per heavy atom. The van der Waals surface area contributed by atoms with Crippen molar-refractivity contribution in [3.8, 4) is 5.75 Å². The van der Waals surface area contributed by atoms with Gasteiger partial charge in [0.05, 0.1) is 5.02 Å². The first-order valence-corrected chi connectivity index (χ1v) is 11.8. The Labute approximate surface area is 211 Å². The second-order valence-electron chi connectivity index (χ2n) is 7.33. The Hall–Kier alpha value is -2.54. The highest BCUT2D eigenvalue weighted by molar-refractivity contribution is 9.10. The zero-order valence-electron chi connectivity index (χ0n) is 17.9. The van der Waals surface area contributed by atoms with Crippen LogP contribution in [0.3, 0.4) is 0 Å². The van der Waals surface area contributed by atoms with Crippen molar-refractivity contribution in [2.45, 2.75) is 19.0 Å². The second kappa shape index (κ2) is 12.1. The number of likely N-dealkylation sites (N-methyl/N-ethyl adjacent to an activating group) is 1. The van der Waals surface area contributed by atoms with Crippen LogP contribution in [0.2, 0.25) is 10.0 Å². The minimum absolute atomic E-state index is 0.221. The molecule has 0 spiro atoms. The molecule has 0 aromatic heterocycles. The Kier molecular flexibility index (Phi) is 9.18. The molecule has 0 saturated heterocycles. The highest BCUT2D eigenvalue weighted by Gasteiger charge is 2.30. The van der Waals surface area contributed by atoms with Gasteiger partial charge >= 0.3 is 0 Å². The van der Waals surface area contributed by atoms with Gasteiger partial charge in [-0.25, -0.2) is 0 Å². The molecule has 0 saturated carbocycles. The smallest absolute Gasteiger partial charge is 0.261 e. The average Bonchev–Trinajstić information content (AvgIpc) is 2.82. The number of carbonyl (C=O) groups excluding carboxylic acids is 2. The molecule has 8 heteroatoms. The number of carbonyl (C=O) groups is 2. The fourth-order valence-corrected chi connectivity index (χ4v) is 4.18. The number of benzene rings is 3. The third-order valence-corrected chi connectivity index (χ3v) is 6.07. The van der Waals surface area contributed by atoms with Gasteiger partial charge in [-0.2, -0.15) is 0 Å². The summed E-state index contributed by atoms with van der Waals surface area (Å²) in [5.74, 6) is -0.212. The van der Waals surface area contributed by atoms with E-state index in [1.54, 1.807) is 37.4 Å². The highest BCUT2D eigenvalue weighted by Crippen LogP contribution is 2.28. The van der Waals surface area contributed by atoms with Crippen LogP contribution in [0.1, 0.15) is 11.1 Å². The van der Waals surface area contributed by atoms with Crippen LogP contribution in [-0.4, -0.2) is 36.4 Å². The van der Waals surface area contributed by atoms with Crippen LogP contribution >= 0.6 is 39.1 Å². The quantitative estimate of drug-likeness (QED) is 0.382. The molecular formula is C25H23BrCl2N2O3. The monoisotopic (exact) mass is 548 g/mol. The van der Waals surface area contributed by atoms with Gasteiger partial charge in [-0.3, -0.25) is 9.59 Å². The number of hydrogen-bond donors (Lipinski definition) is 1. The summed E-state index contributed by atoms with van der Waals surface area (Å²) in [6, 6.07) is 21.2. The lowest BCUT2D eigenvalue weighted by Gasteiger charge is -2.31. The number of rotatable bonds is 9. The minimum atomic E-state index is -0.732. The standard InChI is InChI=1S/C25H23BrCl2N2O3/c1-29-25(32)22(13-17-5-3-2-4-6-17)30(15-18-7-10-20(27)11-8-18)24(31)16-33-23-12-9-19(26)14-21(23)28/h2-12,14,22H,13,15-16H2,1H3,(H,29,32)/t22-/m0/s1. The van der Waals surface area contributed by atoms with Crippen molar-refractivity contribution in [1.82, 2.24) is 10.2 Å². The molecule has 0 aliphatic rings. The van der Waals surface area contributed by atoms with Crippen LogP contribution in [0.25, 0.3) is 0 Å². The third kappa shape index (κ3) is 7.22. The van der Waals surface area contributed by atoms with Gasteiger partial charge in [-0.15, -0.1) is 0 Å². The van der Waals surface area contributed by atoms with Gasteiger partial charge in [0.1, 0.15) is 11.8 Å². The van der Waals surface area contributed by atoms with Gasteiger partial charge in [-0.1, -0.05) is 81.6 Å². The van der Waals surface area contributed by atoms with E-state index in [0.717, 1.165) is 15.6 Å². The van der Waals surface area contributed by atoms with Gasteiger partial charge in [0.15, 0.2) is 6.61 Å². The summed E-state index contributed by atoms with van der Waals surface area (Å²) in [4.78, 5) is 27.8. The first-order chi connectivity index (χ1) is 15.9. The van der Waals surface area contributed by atoms with Crippen molar-refractivity contribution in [3.05, 3.63) is 98.4 Å². The normalized spacial score (nSPS) is 11.5. The lowest BCUT2D eigenvalue weighted by Crippen LogP contribution is -2.51. The molecule has 0 radical (unpaired) electrons. The number of halogens is 3. The number of hydrogen-bond acceptors (Lipinski definition) is 3. The van der Waals surface area contributed by atoms with Crippen LogP contribution in [-0.2, 0) is 22.6 Å². The molecule has 33 heavy (non-hydrogen) atoms. The molecule has 1 N–H and O–H groups in total. The van der Waals surface area contributed by atoms with E-state index in [-0.39, 0.29) is 25.0 Å². The maximum absolute atomic E-state index is 13.4. The van der Waals surface area contributed by atoms with E-state index >= 15 is 0 Å². The topological polar surface area (TPSA) is 58.6 Å². The van der Waals surface area contributed by atoms with E-state index in [0.29, 0.717) is 22.2 Å². The summed E-state index contributed by atoms with van der Waals surface area (Å²) in [5, 5.41) is 3.66. The predicted octanol–water partition coefficient (Wildman–Crippen LogP) is 5.52. The molecule has 3 aromatic carbocycles. The van der Waals surface area contributed by atoms with Crippen molar-refractivity contribution < 1.29 is 14.3 Å². The van der Waals surface area contributed by atoms with Crippen molar-refractivity contribution in [2.24, 2.45) is 0 Å². The predicted molar refractivity (Wildman–Crippen MR) is 135 cm³/mol. The fourth-order valence-electron chi connectivity index (χ4n) is 3.32. The maximum atomic E-state index is 13.4. The van der Waals surface area contributed by atoms with E-state index in [1.807, 2.05) is 42.5 Å². The van der Waals surface area contributed by atoms with Crippen LogP contribution < -0.4 is 10.1 Å². The molecule has 2 amide bonds. The first kappa shape index (κ1) is 25.1. The lowest BCUT2D eigenvalue weighted by molar-refractivity contribution is -0.142. The van der Waals surface area contributed by atoms with Gasteiger partial charge in [0, 0.05) is 29.5 Å². The third-order valence-electron chi connectivity index (χ3n) is 5.03. The zero-order chi connectivity index (χ0) is 23.8. The summed E-state index contributed by atoms with van der Waals surface area (Å²) in [7, 11) is 1.56. The van der Waals surface area contributed by atoms with E-state index in [2.05, 4.69) is 21.2 Å². The van der Waals surface area contributed by atoms with Crippen molar-refractivity contribution in [1.29, 1.82) is 0 Å². The molecular weight excluding hydrogens is 527 g/mol. The van der Waals surface area contributed by atoms with E-state index in [9.17, 15) is 9.59 Å². The Morgan fingerprint density at radius 2 is 1.70 bits per heavy atom. The highest BCUT2D eigenvalue weighted by atomic mass is 79.9. The fraction of sp³-hybridized carbons (Fsp3) is 0.200. The molecule has 0 heterocycles. The van der Waals surface area contributed by atoms with E-state index < -0.39 is 6.04 Å². The molecule has 0 bridgehead atoms. The first-order valence-electron chi connectivity index (χ1n) is 10.2. The van der Waals surface area contributed by atoms with Crippen LogP contribution in [0, 0.1) is 0 Å². The van der Waals surface area contributed by atoms with Crippen LogP contribution in [0.15, 0.2) is 77.3 Å². The van der Waals surface area contributed by atoms with Crippen molar-refractivity contribution in [2.75, 3.05) is 13.7 Å². The van der Waals surface area contributed by atoms with Crippen molar-refractivity contribution in [3.63, 3.8) is 0 Å².